The van der Waals surface area contributed by atoms with Gasteiger partial charge in [-0.25, -0.2) is 8.42 Å². The smallest absolute Gasteiger partial charge is 0.182 e. The number of halogens is 2. The maximum Gasteiger partial charge on any atom is 0.182 e. The molecule has 1 aliphatic rings. The molecule has 0 aromatic heterocycles. The Hall–Kier alpha value is -1.94. The topological polar surface area (TPSA) is 81.4 Å². The summed E-state index contributed by atoms with van der Waals surface area (Å²) < 4.78 is 33.0. The van der Waals surface area contributed by atoms with Crippen molar-refractivity contribution < 1.29 is 13.2 Å². The lowest BCUT2D eigenvalue weighted by Gasteiger charge is -2.21. The van der Waals surface area contributed by atoms with Crippen LogP contribution in [0.4, 0.5) is 11.4 Å². The van der Waals surface area contributed by atoms with Crippen molar-refractivity contribution in [3.05, 3.63) is 79.6 Å². The average Bonchev–Trinajstić information content (AvgIpc) is 2.76. The van der Waals surface area contributed by atoms with Gasteiger partial charge in [-0.1, -0.05) is 55.8 Å². The summed E-state index contributed by atoms with van der Waals surface area (Å²) >= 11 is 8.46. The number of fused-ring (bicyclic) bond motifs is 1. The molecule has 0 saturated heterocycles. The van der Waals surface area contributed by atoms with Crippen LogP contribution in [-0.2, 0) is 15.6 Å². The Bertz CT molecular complexity index is 1300. The molecule has 0 bridgehead atoms. The van der Waals surface area contributed by atoms with Crippen molar-refractivity contribution in [1.29, 1.82) is 0 Å². The first-order valence-electron chi connectivity index (χ1n) is 9.62. The zero-order chi connectivity index (χ0) is 22.9. The van der Waals surface area contributed by atoms with Crippen molar-refractivity contribution in [3.8, 4) is 5.75 Å². The van der Waals surface area contributed by atoms with Crippen molar-refractivity contribution in [1.82, 2.24) is 0 Å². The summed E-state index contributed by atoms with van der Waals surface area (Å²) in [6.45, 7) is 0.652. The number of sulfone groups is 1. The Morgan fingerprint density at radius 3 is 2.56 bits per heavy atom. The van der Waals surface area contributed by atoms with Crippen LogP contribution in [0.2, 0.25) is 0 Å². The fourth-order valence-corrected chi connectivity index (χ4v) is 7.55. The number of hydrogen-bond donors (Lipinski definition) is 2. The molecule has 0 atom stereocenters. The van der Waals surface area contributed by atoms with Gasteiger partial charge in [0, 0.05) is 31.0 Å². The van der Waals surface area contributed by atoms with E-state index in [1.165, 1.54) is 0 Å². The van der Waals surface area contributed by atoms with Crippen LogP contribution < -0.4 is 15.8 Å². The third-order valence-electron chi connectivity index (χ3n) is 4.98. The number of nitrogen functional groups attached to an aromatic ring is 1. The number of hydrogen-bond acceptors (Lipinski definition) is 6. The Morgan fingerprint density at radius 1 is 1.12 bits per heavy atom. The number of nitrogens with one attached hydrogen (secondary N) is 1. The SMILES string of the molecule is COc1ccc(C=C2CNc3ccc(S(=O)(=O)Cc4c(Br)cccc4Br)cc3S2)cc1N. The van der Waals surface area contributed by atoms with Crippen LogP contribution in [0.5, 0.6) is 5.75 Å². The predicted molar refractivity (Wildman–Crippen MR) is 139 cm³/mol. The van der Waals surface area contributed by atoms with E-state index in [1.807, 2.05) is 48.5 Å². The Labute approximate surface area is 208 Å². The zero-order valence-electron chi connectivity index (χ0n) is 17.1. The second kappa shape index (κ2) is 9.51. The maximum absolute atomic E-state index is 13.2. The van der Waals surface area contributed by atoms with Gasteiger partial charge in [-0.2, -0.15) is 0 Å². The molecule has 3 N–H and O–H groups in total. The Kier molecular flexibility index (Phi) is 6.90. The molecule has 5 nitrogen and oxygen atoms in total. The van der Waals surface area contributed by atoms with E-state index in [0.717, 1.165) is 30.0 Å². The van der Waals surface area contributed by atoms with E-state index in [1.54, 1.807) is 31.0 Å². The van der Waals surface area contributed by atoms with E-state index in [4.69, 9.17) is 10.5 Å². The van der Waals surface area contributed by atoms with Crippen LogP contribution in [-0.4, -0.2) is 22.1 Å². The predicted octanol–water partition coefficient (Wildman–Crippen LogP) is 6.34. The van der Waals surface area contributed by atoms with E-state index in [9.17, 15) is 8.42 Å². The number of anilines is 2. The summed E-state index contributed by atoms with van der Waals surface area (Å²) in [7, 11) is -1.95. The summed E-state index contributed by atoms with van der Waals surface area (Å²) in [5.74, 6) is 0.540. The quantitative estimate of drug-likeness (QED) is 0.335. The van der Waals surface area contributed by atoms with Crippen LogP contribution >= 0.6 is 43.6 Å². The highest BCUT2D eigenvalue weighted by Crippen LogP contribution is 2.40. The third-order valence-corrected chi connectivity index (χ3v) is 9.19. The number of benzene rings is 3. The van der Waals surface area contributed by atoms with Crippen LogP contribution in [0.15, 0.2) is 78.2 Å². The van der Waals surface area contributed by atoms with Gasteiger partial charge in [0.05, 0.1) is 23.4 Å². The molecule has 0 unspecified atom stereocenters. The van der Waals surface area contributed by atoms with Crippen molar-refractivity contribution in [2.24, 2.45) is 0 Å². The van der Waals surface area contributed by atoms with Crippen LogP contribution in [0.3, 0.4) is 0 Å². The largest absolute Gasteiger partial charge is 0.495 e. The summed E-state index contributed by atoms with van der Waals surface area (Å²) in [4.78, 5) is 2.23. The summed E-state index contributed by atoms with van der Waals surface area (Å²) in [6, 6.07) is 16.4. The second-order valence-electron chi connectivity index (χ2n) is 7.18. The second-order valence-corrected chi connectivity index (χ2v) is 12.1. The highest BCUT2D eigenvalue weighted by Gasteiger charge is 2.22. The van der Waals surface area contributed by atoms with Crippen molar-refractivity contribution in [3.63, 3.8) is 0 Å². The first kappa shape index (κ1) is 23.2. The first-order valence-corrected chi connectivity index (χ1v) is 13.7. The molecule has 4 rings (SSSR count). The number of rotatable bonds is 5. The maximum atomic E-state index is 13.2. The molecule has 9 heteroatoms. The lowest BCUT2D eigenvalue weighted by Crippen LogP contribution is -2.11. The highest BCUT2D eigenvalue weighted by atomic mass is 79.9. The lowest BCUT2D eigenvalue weighted by molar-refractivity contribution is 0.417. The number of thioether (sulfide) groups is 1. The highest BCUT2D eigenvalue weighted by molar-refractivity contribution is 9.11. The molecule has 166 valence electrons. The van der Waals surface area contributed by atoms with Gasteiger partial charge in [0.1, 0.15) is 5.75 Å². The van der Waals surface area contributed by atoms with Crippen LogP contribution in [0.25, 0.3) is 6.08 Å². The minimum absolute atomic E-state index is 0.0975. The fourth-order valence-electron chi connectivity index (χ4n) is 3.34. The third kappa shape index (κ3) is 5.01. The lowest BCUT2D eigenvalue weighted by atomic mass is 10.1. The molecule has 3 aromatic rings. The molecule has 0 radical (unpaired) electrons. The number of nitrogens with two attached hydrogens (primary N) is 1. The number of methoxy groups -OCH3 is 1. The Morgan fingerprint density at radius 2 is 1.88 bits per heavy atom. The molecule has 0 spiro atoms. The number of ether oxygens (including phenoxy) is 1. The van der Waals surface area contributed by atoms with Gasteiger partial charge in [0.25, 0.3) is 0 Å². The minimum atomic E-state index is -3.53. The summed E-state index contributed by atoms with van der Waals surface area (Å²) in [6.07, 6.45) is 2.04. The monoisotopic (exact) mass is 594 g/mol. The van der Waals surface area contributed by atoms with E-state index >= 15 is 0 Å². The normalized spacial score (nSPS) is 14.7. The molecule has 0 aliphatic carbocycles. The summed E-state index contributed by atoms with van der Waals surface area (Å²) in [5.41, 5.74) is 9.17. The fraction of sp³-hybridized carbons (Fsp3) is 0.130. The Balaban J connectivity index is 1.60. The van der Waals surface area contributed by atoms with Crippen molar-refractivity contribution in [2.75, 3.05) is 24.7 Å². The van der Waals surface area contributed by atoms with E-state index < -0.39 is 9.84 Å². The molecular formula is C23H20Br2N2O3S2. The van der Waals surface area contributed by atoms with Gasteiger partial charge >= 0.3 is 0 Å². The van der Waals surface area contributed by atoms with Gasteiger partial charge in [-0.15, -0.1) is 0 Å². The molecule has 32 heavy (non-hydrogen) atoms. The first-order chi connectivity index (χ1) is 15.3. The van der Waals surface area contributed by atoms with Gasteiger partial charge in [0.15, 0.2) is 9.84 Å². The van der Waals surface area contributed by atoms with Crippen LogP contribution in [0.1, 0.15) is 11.1 Å². The van der Waals surface area contributed by atoms with E-state index in [0.29, 0.717) is 28.4 Å². The van der Waals surface area contributed by atoms with Gasteiger partial charge in [0.2, 0.25) is 0 Å². The van der Waals surface area contributed by atoms with Gasteiger partial charge in [-0.3, -0.25) is 0 Å². The molecule has 1 heterocycles. The van der Waals surface area contributed by atoms with E-state index in [-0.39, 0.29) is 5.75 Å². The van der Waals surface area contributed by atoms with Crippen molar-refractivity contribution >= 4 is 70.9 Å². The molecule has 0 fully saturated rings. The van der Waals surface area contributed by atoms with E-state index in [2.05, 4.69) is 37.2 Å². The van der Waals surface area contributed by atoms with Gasteiger partial charge < -0.3 is 15.8 Å². The minimum Gasteiger partial charge on any atom is -0.495 e. The standard InChI is InChI=1S/C23H20Br2N2O3S2/c1-30-22-8-5-14(10-20(22)26)9-15-12-27-21-7-6-16(11-23(21)31-15)32(28,29)13-17-18(24)3-2-4-19(17)25/h2-11,27H,12-13,26H2,1H3. The average molecular weight is 596 g/mol. The molecule has 0 amide bonds. The molecular weight excluding hydrogens is 576 g/mol. The van der Waals surface area contributed by atoms with Gasteiger partial charge in [-0.05, 0) is 59.7 Å². The summed E-state index contributed by atoms with van der Waals surface area (Å²) in [5, 5.41) is 3.36. The zero-order valence-corrected chi connectivity index (χ0v) is 21.9. The van der Waals surface area contributed by atoms with Crippen molar-refractivity contribution in [2.45, 2.75) is 15.5 Å². The molecule has 1 aliphatic heterocycles. The molecule has 0 saturated carbocycles. The molecule has 3 aromatic carbocycles. The van der Waals surface area contributed by atoms with Crippen LogP contribution in [0, 0.1) is 0 Å².